The van der Waals surface area contributed by atoms with Crippen molar-refractivity contribution >= 4 is 5.78 Å². The van der Waals surface area contributed by atoms with Gasteiger partial charge in [-0.2, -0.15) is 13.2 Å². The van der Waals surface area contributed by atoms with Gasteiger partial charge in [-0.3, -0.25) is 9.78 Å². The molecule has 2 aliphatic rings. The SMILES string of the molecule is O=C(C[C@H]1CC[C@H](CCN2CCc3ccc(OCC(F)(F)F)nc3CC2)OC1)c1cccnc1C(F)F. The lowest BCUT2D eigenvalue weighted by atomic mass is 9.90. The van der Waals surface area contributed by atoms with Gasteiger partial charge >= 0.3 is 6.18 Å². The van der Waals surface area contributed by atoms with Crippen LogP contribution in [0.25, 0.3) is 0 Å². The fraction of sp³-hybridized carbons (Fsp3) is 0.577. The lowest BCUT2D eigenvalue weighted by Crippen LogP contribution is -2.33. The number of hydrogen-bond donors (Lipinski definition) is 0. The number of fused-ring (bicyclic) bond motifs is 1. The number of alkyl halides is 5. The van der Waals surface area contributed by atoms with Crippen molar-refractivity contribution < 1.29 is 36.2 Å². The van der Waals surface area contributed by atoms with Crippen LogP contribution in [0.4, 0.5) is 22.0 Å². The summed E-state index contributed by atoms with van der Waals surface area (Å²) < 4.78 is 74.3. The summed E-state index contributed by atoms with van der Waals surface area (Å²) in [6.07, 6.45) is -1.93. The van der Waals surface area contributed by atoms with Crippen molar-refractivity contribution in [3.63, 3.8) is 0 Å². The molecule has 4 rings (SSSR count). The van der Waals surface area contributed by atoms with E-state index in [1.165, 1.54) is 24.4 Å². The molecule has 0 aliphatic carbocycles. The van der Waals surface area contributed by atoms with Crippen molar-refractivity contribution in [2.24, 2.45) is 5.92 Å². The number of ether oxygens (including phenoxy) is 2. The molecule has 0 unspecified atom stereocenters. The molecule has 0 amide bonds. The first-order chi connectivity index (χ1) is 17.7. The number of carbonyl (C=O) groups is 1. The van der Waals surface area contributed by atoms with Crippen LogP contribution >= 0.6 is 0 Å². The molecule has 0 bridgehead atoms. The fourth-order valence-electron chi connectivity index (χ4n) is 4.84. The lowest BCUT2D eigenvalue weighted by Gasteiger charge is -2.30. The third-order valence-electron chi connectivity index (χ3n) is 6.84. The third kappa shape index (κ3) is 7.91. The minimum Gasteiger partial charge on any atom is -0.468 e. The Labute approximate surface area is 212 Å². The van der Waals surface area contributed by atoms with Gasteiger partial charge in [0.15, 0.2) is 12.4 Å². The van der Waals surface area contributed by atoms with Crippen LogP contribution in [0, 0.1) is 5.92 Å². The maximum atomic E-state index is 13.2. The predicted octanol–water partition coefficient (Wildman–Crippen LogP) is 5.21. The zero-order chi connectivity index (χ0) is 26.4. The summed E-state index contributed by atoms with van der Waals surface area (Å²) in [4.78, 5) is 22.8. The quantitative estimate of drug-likeness (QED) is 0.330. The number of halogens is 5. The molecule has 2 aliphatic heterocycles. The second-order valence-corrected chi connectivity index (χ2v) is 9.55. The molecule has 202 valence electrons. The van der Waals surface area contributed by atoms with E-state index in [9.17, 15) is 26.7 Å². The number of carbonyl (C=O) groups excluding carboxylic acids is 1. The summed E-state index contributed by atoms with van der Waals surface area (Å²) in [6.45, 7) is 1.42. The molecule has 1 saturated heterocycles. The highest BCUT2D eigenvalue weighted by atomic mass is 19.4. The molecule has 11 heteroatoms. The molecule has 37 heavy (non-hydrogen) atoms. The summed E-state index contributed by atoms with van der Waals surface area (Å²) in [6, 6.07) is 6.16. The Hall–Kier alpha value is -2.66. The standard InChI is InChI=1S/C26H30F5N3O3/c27-25(28)24-20(2-1-10-32-24)22(35)14-17-3-5-19(36-15-17)8-12-34-11-7-18-4-6-23(33-21(18)9-13-34)37-16-26(29,30)31/h1-2,4,6,10,17,19,25H,3,5,7-9,11-16H2/t17-,19-/m1/s1. The zero-order valence-corrected chi connectivity index (χ0v) is 20.4. The van der Waals surface area contributed by atoms with Crippen molar-refractivity contribution in [1.29, 1.82) is 0 Å². The summed E-state index contributed by atoms with van der Waals surface area (Å²) >= 11 is 0. The number of pyridine rings is 2. The van der Waals surface area contributed by atoms with E-state index < -0.39 is 24.9 Å². The van der Waals surface area contributed by atoms with Crippen LogP contribution in [-0.4, -0.2) is 65.8 Å². The Morgan fingerprint density at radius 1 is 1.16 bits per heavy atom. The maximum Gasteiger partial charge on any atom is 0.422 e. The van der Waals surface area contributed by atoms with Gasteiger partial charge in [0.25, 0.3) is 6.43 Å². The zero-order valence-electron chi connectivity index (χ0n) is 20.4. The molecule has 6 nitrogen and oxygen atoms in total. The Morgan fingerprint density at radius 2 is 1.97 bits per heavy atom. The van der Waals surface area contributed by atoms with Gasteiger partial charge in [0.2, 0.25) is 5.88 Å². The summed E-state index contributed by atoms with van der Waals surface area (Å²) in [5.41, 5.74) is 1.30. The van der Waals surface area contributed by atoms with Gasteiger partial charge in [-0.15, -0.1) is 0 Å². The average Bonchev–Trinajstić information content (AvgIpc) is 3.08. The van der Waals surface area contributed by atoms with Crippen molar-refractivity contribution in [1.82, 2.24) is 14.9 Å². The highest BCUT2D eigenvalue weighted by molar-refractivity contribution is 5.97. The van der Waals surface area contributed by atoms with Crippen molar-refractivity contribution in [3.8, 4) is 5.88 Å². The van der Waals surface area contributed by atoms with Gasteiger partial charge in [0, 0.05) is 56.0 Å². The molecule has 0 radical (unpaired) electrons. The monoisotopic (exact) mass is 527 g/mol. The maximum absolute atomic E-state index is 13.2. The second kappa shape index (κ2) is 12.3. The molecule has 4 heterocycles. The van der Waals surface area contributed by atoms with Gasteiger partial charge in [-0.05, 0) is 49.3 Å². The number of Topliss-reactive ketones (excluding diaryl/α,β-unsaturated/α-hetero) is 1. The second-order valence-electron chi connectivity index (χ2n) is 9.55. The molecular formula is C26H30F5N3O3. The largest absolute Gasteiger partial charge is 0.468 e. The summed E-state index contributed by atoms with van der Waals surface area (Å²) in [7, 11) is 0. The molecule has 0 spiro atoms. The minimum atomic E-state index is -4.40. The van der Waals surface area contributed by atoms with E-state index >= 15 is 0 Å². The number of aromatic nitrogens is 2. The first kappa shape index (κ1) is 27.4. The summed E-state index contributed by atoms with van der Waals surface area (Å²) in [5, 5.41) is 0. The van der Waals surface area contributed by atoms with Crippen LogP contribution in [-0.2, 0) is 17.6 Å². The van der Waals surface area contributed by atoms with E-state index in [0.717, 1.165) is 56.6 Å². The molecule has 2 atom stereocenters. The number of nitrogens with zero attached hydrogens (tertiary/aromatic N) is 3. The van der Waals surface area contributed by atoms with Crippen LogP contribution < -0.4 is 4.74 Å². The Morgan fingerprint density at radius 3 is 2.70 bits per heavy atom. The topological polar surface area (TPSA) is 64.6 Å². The van der Waals surface area contributed by atoms with Crippen LogP contribution in [0.1, 0.15) is 59.4 Å². The fourth-order valence-corrected chi connectivity index (χ4v) is 4.84. The minimum absolute atomic E-state index is 0.0119. The Kier molecular flexibility index (Phi) is 9.07. The van der Waals surface area contributed by atoms with Gasteiger partial charge in [-0.25, -0.2) is 13.8 Å². The molecule has 0 saturated carbocycles. The van der Waals surface area contributed by atoms with Gasteiger partial charge in [0.05, 0.1) is 12.7 Å². The third-order valence-corrected chi connectivity index (χ3v) is 6.84. The van der Waals surface area contributed by atoms with Gasteiger partial charge < -0.3 is 14.4 Å². The molecule has 0 aromatic carbocycles. The molecular weight excluding hydrogens is 497 g/mol. The smallest absolute Gasteiger partial charge is 0.422 e. The van der Waals surface area contributed by atoms with Crippen LogP contribution in [0.3, 0.4) is 0 Å². The van der Waals surface area contributed by atoms with Gasteiger partial charge in [-0.1, -0.05) is 6.07 Å². The lowest BCUT2D eigenvalue weighted by molar-refractivity contribution is -0.154. The molecule has 0 N–H and O–H groups in total. The number of rotatable bonds is 9. The normalized spacial score (nSPS) is 20.9. The molecule has 1 fully saturated rings. The van der Waals surface area contributed by atoms with Gasteiger partial charge in [0.1, 0.15) is 5.69 Å². The Bertz CT molecular complexity index is 1060. The molecule has 2 aromatic rings. The van der Waals surface area contributed by atoms with E-state index in [-0.39, 0.29) is 35.7 Å². The first-order valence-corrected chi connectivity index (χ1v) is 12.5. The van der Waals surface area contributed by atoms with E-state index in [1.807, 2.05) is 0 Å². The highest BCUT2D eigenvalue weighted by Crippen LogP contribution is 2.28. The number of hydrogen-bond acceptors (Lipinski definition) is 6. The Balaban J connectivity index is 1.20. The first-order valence-electron chi connectivity index (χ1n) is 12.5. The van der Waals surface area contributed by atoms with E-state index in [1.54, 1.807) is 6.07 Å². The van der Waals surface area contributed by atoms with Crippen molar-refractivity contribution in [2.45, 2.75) is 57.2 Å². The van der Waals surface area contributed by atoms with Crippen molar-refractivity contribution in [3.05, 3.63) is 53.0 Å². The van der Waals surface area contributed by atoms with E-state index in [4.69, 9.17) is 9.47 Å². The van der Waals surface area contributed by atoms with Crippen LogP contribution in [0.15, 0.2) is 30.5 Å². The van der Waals surface area contributed by atoms with Crippen LogP contribution in [0.2, 0.25) is 0 Å². The van der Waals surface area contributed by atoms with E-state index in [0.29, 0.717) is 13.0 Å². The summed E-state index contributed by atoms with van der Waals surface area (Å²) in [5.74, 6) is -0.357. The molecule has 2 aromatic heterocycles. The van der Waals surface area contributed by atoms with Crippen molar-refractivity contribution in [2.75, 3.05) is 32.8 Å². The van der Waals surface area contributed by atoms with Crippen LogP contribution in [0.5, 0.6) is 5.88 Å². The predicted molar refractivity (Wildman–Crippen MR) is 125 cm³/mol. The average molecular weight is 528 g/mol. The van der Waals surface area contributed by atoms with E-state index in [2.05, 4.69) is 14.9 Å². The highest BCUT2D eigenvalue weighted by Gasteiger charge is 2.29. The number of ketones is 1.